The van der Waals surface area contributed by atoms with Crippen LogP contribution in [0.1, 0.15) is 24.6 Å². The highest BCUT2D eigenvalue weighted by Gasteiger charge is 2.29. The fourth-order valence-electron chi connectivity index (χ4n) is 3.13. The normalized spacial score (nSPS) is 21.0. The summed E-state index contributed by atoms with van der Waals surface area (Å²) in [6.07, 6.45) is 2.69. The van der Waals surface area contributed by atoms with E-state index in [9.17, 15) is 0 Å². The Balaban J connectivity index is 0.00000225. The first-order valence-electron chi connectivity index (χ1n) is 8.39. The van der Waals surface area contributed by atoms with Crippen LogP contribution in [0.4, 0.5) is 0 Å². The van der Waals surface area contributed by atoms with Crippen LogP contribution in [-0.2, 0) is 13.1 Å². The van der Waals surface area contributed by atoms with Crippen molar-refractivity contribution in [3.8, 4) is 0 Å². The number of halogens is 1. The van der Waals surface area contributed by atoms with Crippen molar-refractivity contribution in [2.24, 2.45) is 4.99 Å². The van der Waals surface area contributed by atoms with Crippen LogP contribution < -0.4 is 10.6 Å². The van der Waals surface area contributed by atoms with Gasteiger partial charge >= 0.3 is 0 Å². The van der Waals surface area contributed by atoms with Gasteiger partial charge in [-0.15, -0.1) is 24.0 Å². The number of nitrogens with zero attached hydrogens (tertiary/aromatic N) is 3. The van der Waals surface area contributed by atoms with E-state index < -0.39 is 0 Å². The predicted molar refractivity (Wildman–Crippen MR) is 110 cm³/mol. The third-order valence-electron chi connectivity index (χ3n) is 4.43. The number of benzene rings is 1. The molecule has 1 aromatic heterocycles. The lowest BCUT2D eigenvalue weighted by Gasteiger charge is -2.21. The van der Waals surface area contributed by atoms with Gasteiger partial charge < -0.3 is 15.2 Å². The number of aromatic nitrogens is 1. The van der Waals surface area contributed by atoms with E-state index in [0.29, 0.717) is 18.6 Å². The van der Waals surface area contributed by atoms with Crippen LogP contribution in [0.25, 0.3) is 0 Å². The van der Waals surface area contributed by atoms with Crippen molar-refractivity contribution in [3.63, 3.8) is 0 Å². The van der Waals surface area contributed by atoms with Crippen molar-refractivity contribution in [2.45, 2.75) is 38.5 Å². The summed E-state index contributed by atoms with van der Waals surface area (Å²) in [5.41, 5.74) is 2.22. The summed E-state index contributed by atoms with van der Waals surface area (Å²) in [6, 6.07) is 13.4. The minimum absolute atomic E-state index is 0. The van der Waals surface area contributed by atoms with Crippen LogP contribution in [0, 0.1) is 0 Å². The van der Waals surface area contributed by atoms with Crippen LogP contribution in [0.5, 0.6) is 0 Å². The maximum absolute atomic E-state index is 4.84. The third-order valence-corrected chi connectivity index (χ3v) is 4.43. The van der Waals surface area contributed by atoms with Crippen LogP contribution in [0.2, 0.25) is 0 Å². The molecule has 7 heteroatoms. The average Bonchev–Trinajstić information content (AvgIpc) is 3.23. The van der Waals surface area contributed by atoms with Gasteiger partial charge in [0.25, 0.3) is 0 Å². The molecule has 1 saturated heterocycles. The van der Waals surface area contributed by atoms with E-state index in [1.54, 1.807) is 13.3 Å². The number of aliphatic imine (C=N–C) groups is 1. The van der Waals surface area contributed by atoms with Gasteiger partial charge in [0.1, 0.15) is 12.0 Å². The second-order valence-electron chi connectivity index (χ2n) is 6.26. The summed E-state index contributed by atoms with van der Waals surface area (Å²) >= 11 is 0. The number of hydrogen-bond donors (Lipinski definition) is 2. The molecule has 1 aromatic carbocycles. The van der Waals surface area contributed by atoms with Gasteiger partial charge in [-0.2, -0.15) is 0 Å². The highest BCUT2D eigenvalue weighted by Crippen LogP contribution is 2.20. The highest BCUT2D eigenvalue weighted by atomic mass is 127. The average molecular weight is 455 g/mol. The summed E-state index contributed by atoms with van der Waals surface area (Å²) < 4.78 is 4.84. The van der Waals surface area contributed by atoms with Gasteiger partial charge in [0.05, 0.1) is 6.54 Å². The SMILES string of the molecule is CN=C(NCc1ccon1)NC1CC(C)N(Cc2ccccc2)C1.I. The van der Waals surface area contributed by atoms with Crippen LogP contribution in [0.3, 0.4) is 0 Å². The Kier molecular flexibility index (Phi) is 7.70. The fraction of sp³-hybridized carbons (Fsp3) is 0.444. The zero-order valence-electron chi connectivity index (χ0n) is 14.7. The van der Waals surface area contributed by atoms with E-state index in [1.807, 2.05) is 6.07 Å². The fourth-order valence-corrected chi connectivity index (χ4v) is 3.13. The van der Waals surface area contributed by atoms with Crippen molar-refractivity contribution < 1.29 is 4.52 Å². The molecule has 0 spiro atoms. The summed E-state index contributed by atoms with van der Waals surface area (Å²) in [5, 5.41) is 10.7. The molecule has 3 rings (SSSR count). The lowest BCUT2D eigenvalue weighted by molar-refractivity contribution is 0.258. The second-order valence-corrected chi connectivity index (χ2v) is 6.26. The standard InChI is InChI=1S/C18H25N5O.HI/c1-14-10-17(13-23(14)12-15-6-4-3-5-7-15)21-18(19-2)20-11-16-8-9-24-22-16;/h3-9,14,17H,10-13H2,1-2H3,(H2,19,20,21);1H. The summed E-state index contributed by atoms with van der Waals surface area (Å²) in [4.78, 5) is 6.81. The number of rotatable bonds is 5. The van der Waals surface area contributed by atoms with E-state index >= 15 is 0 Å². The maximum atomic E-state index is 4.84. The Hall–Kier alpha value is -1.61. The van der Waals surface area contributed by atoms with Crippen LogP contribution in [0.15, 0.2) is 52.2 Å². The predicted octanol–water partition coefficient (Wildman–Crippen LogP) is 2.62. The van der Waals surface area contributed by atoms with Crippen molar-refractivity contribution in [1.29, 1.82) is 0 Å². The van der Waals surface area contributed by atoms with E-state index in [0.717, 1.165) is 31.2 Å². The molecular weight excluding hydrogens is 429 g/mol. The van der Waals surface area contributed by atoms with Crippen molar-refractivity contribution in [1.82, 2.24) is 20.7 Å². The second kappa shape index (κ2) is 9.76. The van der Waals surface area contributed by atoms with Crippen molar-refractivity contribution in [3.05, 3.63) is 53.9 Å². The molecule has 136 valence electrons. The molecule has 0 bridgehead atoms. The summed E-state index contributed by atoms with van der Waals surface area (Å²) in [7, 11) is 1.79. The smallest absolute Gasteiger partial charge is 0.191 e. The Morgan fingerprint density at radius 3 is 2.80 bits per heavy atom. The van der Waals surface area contributed by atoms with Gasteiger partial charge in [-0.1, -0.05) is 35.5 Å². The molecule has 2 heterocycles. The molecule has 1 aliphatic rings. The molecule has 6 nitrogen and oxygen atoms in total. The molecule has 0 amide bonds. The lowest BCUT2D eigenvalue weighted by atomic mass is 10.2. The Labute approximate surface area is 166 Å². The molecule has 1 fully saturated rings. The molecule has 2 aromatic rings. The number of likely N-dealkylation sites (tertiary alicyclic amines) is 1. The van der Waals surface area contributed by atoms with E-state index in [4.69, 9.17) is 4.52 Å². The van der Waals surface area contributed by atoms with Gasteiger partial charge in [-0.25, -0.2) is 0 Å². The van der Waals surface area contributed by atoms with Gasteiger partial charge in [0, 0.05) is 38.3 Å². The third kappa shape index (κ3) is 5.71. The van der Waals surface area contributed by atoms with Gasteiger partial charge in [-0.05, 0) is 18.9 Å². The van der Waals surface area contributed by atoms with E-state index in [1.165, 1.54) is 5.56 Å². The van der Waals surface area contributed by atoms with Gasteiger partial charge in [0.15, 0.2) is 5.96 Å². The Morgan fingerprint density at radius 2 is 2.12 bits per heavy atom. The highest BCUT2D eigenvalue weighted by molar-refractivity contribution is 14.0. The quantitative estimate of drug-likeness (QED) is 0.413. The zero-order chi connectivity index (χ0) is 16.8. The first-order chi connectivity index (χ1) is 11.7. The molecule has 25 heavy (non-hydrogen) atoms. The topological polar surface area (TPSA) is 65.7 Å². The number of hydrogen-bond acceptors (Lipinski definition) is 4. The van der Waals surface area contributed by atoms with E-state index in [-0.39, 0.29) is 24.0 Å². The maximum Gasteiger partial charge on any atom is 0.191 e. The molecule has 0 aliphatic carbocycles. The lowest BCUT2D eigenvalue weighted by Crippen LogP contribution is -2.44. The molecule has 2 unspecified atom stereocenters. The van der Waals surface area contributed by atoms with Crippen molar-refractivity contribution in [2.75, 3.05) is 13.6 Å². The minimum atomic E-state index is 0. The number of guanidine groups is 1. The van der Waals surface area contributed by atoms with Crippen LogP contribution in [-0.4, -0.2) is 41.7 Å². The first kappa shape index (κ1) is 19.7. The zero-order valence-corrected chi connectivity index (χ0v) is 17.0. The molecular formula is C18H26IN5O. The van der Waals surface area contributed by atoms with E-state index in [2.05, 4.69) is 62.9 Å². The van der Waals surface area contributed by atoms with Crippen molar-refractivity contribution >= 4 is 29.9 Å². The number of nitrogens with one attached hydrogen (secondary N) is 2. The summed E-state index contributed by atoms with van der Waals surface area (Å²) in [5.74, 6) is 0.803. The Morgan fingerprint density at radius 1 is 1.32 bits per heavy atom. The molecule has 0 saturated carbocycles. The summed E-state index contributed by atoms with van der Waals surface area (Å²) in [6.45, 7) is 4.90. The minimum Gasteiger partial charge on any atom is -0.364 e. The van der Waals surface area contributed by atoms with Crippen LogP contribution >= 0.6 is 24.0 Å². The van der Waals surface area contributed by atoms with Gasteiger partial charge in [0.2, 0.25) is 0 Å². The molecule has 0 radical (unpaired) electrons. The monoisotopic (exact) mass is 455 g/mol. The molecule has 1 aliphatic heterocycles. The molecule has 2 N–H and O–H groups in total. The largest absolute Gasteiger partial charge is 0.364 e. The first-order valence-corrected chi connectivity index (χ1v) is 8.39. The molecule has 2 atom stereocenters. The van der Waals surface area contributed by atoms with Gasteiger partial charge in [-0.3, -0.25) is 9.89 Å². The Bertz CT molecular complexity index is 647.